The molecule has 10 heteroatoms. The first-order valence-corrected chi connectivity index (χ1v) is 11.8. The Bertz CT molecular complexity index is 1130. The number of anilines is 3. The molecule has 3 amide bonds. The number of aryl methyl sites for hydroxylation is 1. The molecular weight excluding hydrogens is 468 g/mol. The van der Waals surface area contributed by atoms with Crippen molar-refractivity contribution in [1.82, 2.24) is 4.98 Å². The molecule has 0 aliphatic rings. The predicted molar refractivity (Wildman–Crippen MR) is 131 cm³/mol. The number of thioether (sulfide) groups is 1. The Balaban J connectivity index is 1.45. The molecule has 0 bridgehead atoms. The quantitative estimate of drug-likeness (QED) is 0.388. The van der Waals surface area contributed by atoms with E-state index in [-0.39, 0.29) is 29.9 Å². The summed E-state index contributed by atoms with van der Waals surface area (Å²) in [6.07, 6.45) is 0.134. The van der Waals surface area contributed by atoms with E-state index < -0.39 is 0 Å². The molecule has 166 valence electrons. The minimum absolute atomic E-state index is 0.134. The maximum atomic E-state index is 12.3. The van der Waals surface area contributed by atoms with E-state index in [0.29, 0.717) is 32.1 Å². The maximum absolute atomic E-state index is 12.3. The molecule has 0 saturated heterocycles. The van der Waals surface area contributed by atoms with Crippen molar-refractivity contribution >= 4 is 69.5 Å². The fraction of sp³-hybridized carbons (Fsp3) is 0.182. The van der Waals surface area contributed by atoms with Gasteiger partial charge in [0, 0.05) is 34.4 Å². The van der Waals surface area contributed by atoms with Crippen LogP contribution in [-0.4, -0.2) is 28.5 Å². The molecule has 0 aliphatic carbocycles. The Morgan fingerprint density at radius 3 is 2.25 bits per heavy atom. The van der Waals surface area contributed by atoms with Crippen LogP contribution in [0.25, 0.3) is 0 Å². The number of halogens is 1. The molecular formula is C22H21ClN4O3S2. The zero-order valence-electron chi connectivity index (χ0n) is 17.4. The largest absolute Gasteiger partial charge is 0.326 e. The molecule has 0 spiro atoms. The van der Waals surface area contributed by atoms with E-state index in [0.717, 1.165) is 5.56 Å². The molecule has 1 aromatic heterocycles. The highest BCUT2D eigenvalue weighted by atomic mass is 35.5. The molecule has 0 saturated carbocycles. The summed E-state index contributed by atoms with van der Waals surface area (Å²) < 4.78 is 0.710. The second-order valence-corrected chi connectivity index (χ2v) is 9.38. The van der Waals surface area contributed by atoms with E-state index in [4.69, 9.17) is 11.6 Å². The summed E-state index contributed by atoms with van der Waals surface area (Å²) in [5.41, 5.74) is 3.52. The number of nitrogens with zero attached hydrogens (tertiary/aromatic N) is 1. The standard InChI is InChI=1S/C22H21ClN4O3S2/c1-13-3-4-17(9-19(13)23)26-20(29)10-18-11-31-22(27-18)32-12-21(30)25-16-7-5-15(6-8-16)24-14(2)28/h3-9,11H,10,12H2,1-2H3,(H,24,28)(H,25,30)(H,26,29). The third kappa shape index (κ3) is 7.37. The van der Waals surface area contributed by atoms with Gasteiger partial charge < -0.3 is 16.0 Å². The van der Waals surface area contributed by atoms with Gasteiger partial charge in [-0.05, 0) is 48.9 Å². The summed E-state index contributed by atoms with van der Waals surface area (Å²) in [6.45, 7) is 3.33. The van der Waals surface area contributed by atoms with E-state index in [1.807, 2.05) is 18.4 Å². The van der Waals surface area contributed by atoms with E-state index in [1.54, 1.807) is 36.4 Å². The molecule has 0 atom stereocenters. The van der Waals surface area contributed by atoms with Crippen molar-refractivity contribution in [3.8, 4) is 0 Å². The molecule has 1 heterocycles. The Labute approximate surface area is 199 Å². The average molecular weight is 489 g/mol. The van der Waals surface area contributed by atoms with Crippen molar-refractivity contribution in [2.75, 3.05) is 21.7 Å². The van der Waals surface area contributed by atoms with E-state index in [1.165, 1.54) is 30.0 Å². The van der Waals surface area contributed by atoms with Crippen molar-refractivity contribution < 1.29 is 14.4 Å². The van der Waals surface area contributed by atoms with Crippen LogP contribution in [0.15, 0.2) is 52.2 Å². The summed E-state index contributed by atoms with van der Waals surface area (Å²) >= 11 is 8.78. The van der Waals surface area contributed by atoms with E-state index in [9.17, 15) is 14.4 Å². The van der Waals surface area contributed by atoms with Gasteiger partial charge in [-0.1, -0.05) is 29.4 Å². The van der Waals surface area contributed by atoms with Gasteiger partial charge in [0.25, 0.3) is 0 Å². The van der Waals surface area contributed by atoms with Crippen LogP contribution in [0.2, 0.25) is 5.02 Å². The normalized spacial score (nSPS) is 10.5. The molecule has 3 N–H and O–H groups in total. The van der Waals surface area contributed by atoms with Gasteiger partial charge in [0.2, 0.25) is 17.7 Å². The summed E-state index contributed by atoms with van der Waals surface area (Å²) in [6, 6.07) is 12.2. The lowest BCUT2D eigenvalue weighted by Crippen LogP contribution is -2.15. The van der Waals surface area contributed by atoms with Crippen molar-refractivity contribution in [1.29, 1.82) is 0 Å². The number of benzene rings is 2. The Kier molecular flexibility index (Phi) is 8.26. The van der Waals surface area contributed by atoms with Crippen LogP contribution in [0.1, 0.15) is 18.2 Å². The first kappa shape index (κ1) is 23.8. The number of nitrogens with one attached hydrogen (secondary N) is 3. The number of rotatable bonds is 8. The lowest BCUT2D eigenvalue weighted by atomic mass is 10.2. The molecule has 0 fully saturated rings. The summed E-state index contributed by atoms with van der Waals surface area (Å²) in [4.78, 5) is 39.9. The van der Waals surface area contributed by atoms with Gasteiger partial charge in [-0.15, -0.1) is 11.3 Å². The molecule has 3 aromatic rings. The molecule has 3 rings (SSSR count). The van der Waals surface area contributed by atoms with Crippen molar-refractivity contribution in [2.24, 2.45) is 0 Å². The van der Waals surface area contributed by atoms with Gasteiger partial charge in [0.15, 0.2) is 4.34 Å². The van der Waals surface area contributed by atoms with Crippen LogP contribution in [0.3, 0.4) is 0 Å². The molecule has 2 aromatic carbocycles. The molecule has 0 aliphatic heterocycles. The number of thiazole rings is 1. The van der Waals surface area contributed by atoms with Crippen LogP contribution in [-0.2, 0) is 20.8 Å². The Hall–Kier alpha value is -2.88. The van der Waals surface area contributed by atoms with Gasteiger partial charge in [0.1, 0.15) is 0 Å². The highest BCUT2D eigenvalue weighted by Gasteiger charge is 2.11. The average Bonchev–Trinajstić information content (AvgIpc) is 3.17. The van der Waals surface area contributed by atoms with Gasteiger partial charge in [-0.25, -0.2) is 4.98 Å². The Morgan fingerprint density at radius 1 is 0.969 bits per heavy atom. The highest BCUT2D eigenvalue weighted by Crippen LogP contribution is 2.24. The SMILES string of the molecule is CC(=O)Nc1ccc(NC(=O)CSc2nc(CC(=O)Nc3ccc(C)c(Cl)c3)cs2)cc1. The third-order valence-corrected chi connectivity index (χ3v) is 6.62. The molecule has 7 nitrogen and oxygen atoms in total. The summed E-state index contributed by atoms with van der Waals surface area (Å²) in [5, 5.41) is 10.7. The first-order chi connectivity index (χ1) is 15.3. The van der Waals surface area contributed by atoms with Crippen LogP contribution < -0.4 is 16.0 Å². The monoisotopic (exact) mass is 488 g/mol. The maximum Gasteiger partial charge on any atom is 0.234 e. The molecule has 0 radical (unpaired) electrons. The zero-order valence-corrected chi connectivity index (χ0v) is 19.8. The van der Waals surface area contributed by atoms with Crippen LogP contribution in [0.4, 0.5) is 17.1 Å². The third-order valence-electron chi connectivity index (χ3n) is 4.14. The van der Waals surface area contributed by atoms with Gasteiger partial charge >= 0.3 is 0 Å². The fourth-order valence-corrected chi connectivity index (χ4v) is 4.47. The number of carbonyl (C=O) groups excluding carboxylic acids is 3. The molecule has 0 unspecified atom stereocenters. The second kappa shape index (κ2) is 11.1. The zero-order chi connectivity index (χ0) is 23.1. The van der Waals surface area contributed by atoms with E-state index in [2.05, 4.69) is 20.9 Å². The van der Waals surface area contributed by atoms with Crippen molar-refractivity contribution in [3.05, 3.63) is 64.1 Å². The first-order valence-electron chi connectivity index (χ1n) is 9.59. The predicted octanol–water partition coefficient (Wildman–Crippen LogP) is 4.98. The van der Waals surface area contributed by atoms with Crippen molar-refractivity contribution in [3.63, 3.8) is 0 Å². The number of hydrogen-bond donors (Lipinski definition) is 3. The van der Waals surface area contributed by atoms with Gasteiger partial charge in [-0.3, -0.25) is 14.4 Å². The minimum Gasteiger partial charge on any atom is -0.326 e. The highest BCUT2D eigenvalue weighted by molar-refractivity contribution is 8.01. The number of carbonyl (C=O) groups is 3. The van der Waals surface area contributed by atoms with E-state index >= 15 is 0 Å². The second-order valence-electron chi connectivity index (χ2n) is 6.89. The van der Waals surface area contributed by atoms with Crippen LogP contribution >= 0.6 is 34.7 Å². The fourth-order valence-electron chi connectivity index (χ4n) is 2.64. The number of aromatic nitrogens is 1. The summed E-state index contributed by atoms with van der Waals surface area (Å²) in [5.74, 6) is -0.327. The number of amides is 3. The minimum atomic E-state index is -0.188. The number of hydrogen-bond acceptors (Lipinski definition) is 6. The van der Waals surface area contributed by atoms with Crippen LogP contribution in [0, 0.1) is 6.92 Å². The topological polar surface area (TPSA) is 100 Å². The van der Waals surface area contributed by atoms with Crippen LogP contribution in [0.5, 0.6) is 0 Å². The lowest BCUT2D eigenvalue weighted by Gasteiger charge is -2.06. The smallest absolute Gasteiger partial charge is 0.234 e. The Morgan fingerprint density at radius 2 is 1.59 bits per heavy atom. The molecule has 32 heavy (non-hydrogen) atoms. The van der Waals surface area contributed by atoms with Crippen molar-refractivity contribution in [2.45, 2.75) is 24.6 Å². The lowest BCUT2D eigenvalue weighted by molar-refractivity contribution is -0.116. The van der Waals surface area contributed by atoms with Gasteiger partial charge in [0.05, 0.1) is 17.9 Å². The van der Waals surface area contributed by atoms with Gasteiger partial charge in [-0.2, -0.15) is 0 Å². The summed E-state index contributed by atoms with van der Waals surface area (Å²) in [7, 11) is 0.